The Hall–Kier alpha value is -1.56. The van der Waals surface area contributed by atoms with Crippen molar-refractivity contribution in [1.82, 2.24) is 0 Å². The van der Waals surface area contributed by atoms with Gasteiger partial charge in [-0.05, 0) is 44.0 Å². The Labute approximate surface area is 125 Å². The molecule has 20 heavy (non-hydrogen) atoms. The quantitative estimate of drug-likeness (QED) is 0.392. The zero-order valence-corrected chi connectivity index (χ0v) is 13.0. The molecule has 0 unspecified atom stereocenters. The van der Waals surface area contributed by atoms with Crippen LogP contribution >= 0.6 is 15.9 Å². The number of rotatable bonds is 4. The molecule has 0 spiro atoms. The van der Waals surface area contributed by atoms with E-state index in [1.807, 2.05) is 0 Å². The van der Waals surface area contributed by atoms with Crippen molar-refractivity contribution in [3.63, 3.8) is 0 Å². The van der Waals surface area contributed by atoms with Gasteiger partial charge in [-0.2, -0.15) is 0 Å². The average molecular weight is 342 g/mol. The van der Waals surface area contributed by atoms with Crippen LogP contribution < -0.4 is 0 Å². The van der Waals surface area contributed by atoms with Crippen LogP contribution in [0.15, 0.2) is 33.9 Å². The van der Waals surface area contributed by atoms with Gasteiger partial charge < -0.3 is 9.84 Å². The first-order chi connectivity index (χ1) is 9.24. The minimum absolute atomic E-state index is 0.469. The van der Waals surface area contributed by atoms with E-state index in [4.69, 9.17) is 10.3 Å². The number of azide groups is 1. The van der Waals surface area contributed by atoms with Gasteiger partial charge in [0.05, 0.1) is 6.10 Å². The Morgan fingerprint density at radius 3 is 2.40 bits per heavy atom. The molecule has 0 amide bonds. The third-order valence-electron chi connectivity index (χ3n) is 2.33. The molecule has 0 aliphatic rings. The number of carbonyl (C=O) groups is 1. The van der Waals surface area contributed by atoms with Gasteiger partial charge in [-0.1, -0.05) is 33.2 Å². The molecule has 0 saturated carbocycles. The first-order valence-corrected chi connectivity index (χ1v) is 6.74. The summed E-state index contributed by atoms with van der Waals surface area (Å²) >= 11 is 3.28. The average Bonchev–Trinajstić information content (AvgIpc) is 2.34. The number of halogens is 1. The van der Waals surface area contributed by atoms with Gasteiger partial charge in [-0.15, -0.1) is 0 Å². The number of hydrogen-bond donors (Lipinski definition) is 1. The summed E-state index contributed by atoms with van der Waals surface area (Å²) in [5, 5.41) is 13.5. The van der Waals surface area contributed by atoms with E-state index in [0.29, 0.717) is 5.56 Å². The maximum Gasteiger partial charge on any atom is 0.318 e. The van der Waals surface area contributed by atoms with Crippen LogP contribution in [0.5, 0.6) is 0 Å². The standard InChI is InChI=1S/C13H16BrN3O3/c1-13(2,3)20-12(19)10(16-17-15)11(18)8-4-6-9(14)7-5-8/h4-7,10-11,18H,1-3H3/t10-,11+/m0/s1. The highest BCUT2D eigenvalue weighted by molar-refractivity contribution is 9.10. The lowest BCUT2D eigenvalue weighted by molar-refractivity contribution is -0.159. The minimum atomic E-state index is -1.32. The van der Waals surface area contributed by atoms with E-state index in [9.17, 15) is 9.90 Å². The van der Waals surface area contributed by atoms with E-state index in [0.717, 1.165) is 4.47 Å². The van der Waals surface area contributed by atoms with Gasteiger partial charge in [0.25, 0.3) is 0 Å². The Morgan fingerprint density at radius 1 is 1.40 bits per heavy atom. The fourth-order valence-corrected chi connectivity index (χ4v) is 1.76. The van der Waals surface area contributed by atoms with Gasteiger partial charge in [0.1, 0.15) is 5.60 Å². The lowest BCUT2D eigenvalue weighted by Crippen LogP contribution is -2.34. The van der Waals surface area contributed by atoms with Crippen molar-refractivity contribution in [2.75, 3.05) is 0 Å². The van der Waals surface area contributed by atoms with Crippen LogP contribution in [0.4, 0.5) is 0 Å². The van der Waals surface area contributed by atoms with E-state index in [2.05, 4.69) is 26.0 Å². The first kappa shape index (κ1) is 16.5. The highest BCUT2D eigenvalue weighted by Gasteiger charge is 2.31. The molecule has 6 nitrogen and oxygen atoms in total. The van der Waals surface area contributed by atoms with Gasteiger partial charge in [0, 0.05) is 9.38 Å². The second kappa shape index (κ2) is 6.74. The van der Waals surface area contributed by atoms with E-state index in [1.165, 1.54) is 0 Å². The van der Waals surface area contributed by atoms with E-state index < -0.39 is 23.7 Å². The van der Waals surface area contributed by atoms with Crippen LogP contribution in [0.1, 0.15) is 32.4 Å². The number of aliphatic hydroxyl groups excluding tert-OH is 1. The monoisotopic (exact) mass is 341 g/mol. The summed E-state index contributed by atoms with van der Waals surface area (Å²) < 4.78 is 5.98. The van der Waals surface area contributed by atoms with Crippen molar-refractivity contribution in [2.24, 2.45) is 5.11 Å². The fourth-order valence-electron chi connectivity index (χ4n) is 1.50. The predicted octanol–water partition coefficient (Wildman–Crippen LogP) is 3.50. The highest BCUT2D eigenvalue weighted by atomic mass is 79.9. The van der Waals surface area contributed by atoms with Crippen LogP contribution in [0.3, 0.4) is 0 Å². The van der Waals surface area contributed by atoms with Crippen molar-refractivity contribution in [3.8, 4) is 0 Å². The molecular formula is C13H16BrN3O3. The van der Waals surface area contributed by atoms with Crippen LogP contribution in [0.25, 0.3) is 10.4 Å². The molecule has 0 aliphatic carbocycles. The van der Waals surface area contributed by atoms with Crippen LogP contribution in [-0.2, 0) is 9.53 Å². The van der Waals surface area contributed by atoms with Crippen molar-refractivity contribution in [1.29, 1.82) is 0 Å². The molecule has 1 aromatic rings. The lowest BCUT2D eigenvalue weighted by Gasteiger charge is -2.24. The lowest BCUT2D eigenvalue weighted by atomic mass is 10.0. The Kier molecular flexibility index (Phi) is 5.56. The van der Waals surface area contributed by atoms with Crippen molar-refractivity contribution < 1.29 is 14.6 Å². The maximum absolute atomic E-state index is 12.0. The number of ether oxygens (including phenoxy) is 1. The molecule has 2 atom stereocenters. The molecule has 1 rings (SSSR count). The van der Waals surface area contributed by atoms with Crippen molar-refractivity contribution in [3.05, 3.63) is 44.7 Å². The summed E-state index contributed by atoms with van der Waals surface area (Å²) in [6.07, 6.45) is -1.26. The molecule has 0 saturated heterocycles. The Balaban J connectivity index is 2.98. The zero-order valence-electron chi connectivity index (χ0n) is 11.4. The van der Waals surface area contributed by atoms with Crippen molar-refractivity contribution in [2.45, 2.75) is 38.5 Å². The smallest absolute Gasteiger partial charge is 0.318 e. The van der Waals surface area contributed by atoms with Gasteiger partial charge in [-0.25, -0.2) is 0 Å². The summed E-state index contributed by atoms with van der Waals surface area (Å²) in [6, 6.07) is 5.40. The zero-order chi connectivity index (χ0) is 15.3. The summed E-state index contributed by atoms with van der Waals surface area (Å²) in [4.78, 5) is 14.6. The number of esters is 1. The van der Waals surface area contributed by atoms with E-state index in [-0.39, 0.29) is 0 Å². The molecule has 7 heteroatoms. The van der Waals surface area contributed by atoms with Gasteiger partial charge in [0.15, 0.2) is 6.04 Å². The molecule has 0 aliphatic heterocycles. The molecule has 0 aromatic heterocycles. The van der Waals surface area contributed by atoms with Gasteiger partial charge in [-0.3, -0.25) is 4.79 Å². The third kappa shape index (κ3) is 4.85. The molecule has 108 valence electrons. The second-order valence-electron chi connectivity index (χ2n) is 5.18. The Morgan fingerprint density at radius 2 is 1.95 bits per heavy atom. The molecule has 0 fully saturated rings. The van der Waals surface area contributed by atoms with Crippen molar-refractivity contribution >= 4 is 21.9 Å². The summed E-state index contributed by atoms with van der Waals surface area (Å²) in [5.41, 5.74) is 8.30. The molecule has 0 heterocycles. The normalized spacial score (nSPS) is 14.1. The van der Waals surface area contributed by atoms with Crippen LogP contribution in [-0.4, -0.2) is 22.7 Å². The first-order valence-electron chi connectivity index (χ1n) is 5.95. The SMILES string of the molecule is CC(C)(C)OC(=O)[C@@H](N=[N+]=[N-])[C@H](O)c1ccc(Br)cc1. The molecule has 1 aromatic carbocycles. The second-order valence-corrected chi connectivity index (χ2v) is 6.10. The highest BCUT2D eigenvalue weighted by Crippen LogP contribution is 2.24. The van der Waals surface area contributed by atoms with Crippen LogP contribution in [0, 0.1) is 0 Å². The Bertz CT molecular complexity index is 519. The molecule has 1 N–H and O–H groups in total. The topological polar surface area (TPSA) is 95.3 Å². The minimum Gasteiger partial charge on any atom is -0.460 e. The van der Waals surface area contributed by atoms with Gasteiger partial charge >= 0.3 is 5.97 Å². The van der Waals surface area contributed by atoms with Crippen LogP contribution in [0.2, 0.25) is 0 Å². The molecular weight excluding hydrogens is 326 g/mol. The predicted molar refractivity (Wildman–Crippen MR) is 77.9 cm³/mol. The fraction of sp³-hybridized carbons (Fsp3) is 0.462. The number of hydrogen-bond acceptors (Lipinski definition) is 4. The molecule has 0 radical (unpaired) electrons. The summed E-state index contributed by atoms with van der Waals surface area (Å²) in [7, 11) is 0. The molecule has 0 bridgehead atoms. The van der Waals surface area contributed by atoms with Gasteiger partial charge in [0.2, 0.25) is 0 Å². The van der Waals surface area contributed by atoms with E-state index >= 15 is 0 Å². The van der Waals surface area contributed by atoms with E-state index in [1.54, 1.807) is 45.0 Å². The third-order valence-corrected chi connectivity index (χ3v) is 2.86. The largest absolute Gasteiger partial charge is 0.460 e. The summed E-state index contributed by atoms with van der Waals surface area (Å²) in [6.45, 7) is 5.10. The summed E-state index contributed by atoms with van der Waals surface area (Å²) in [5.74, 6) is -0.759. The number of aliphatic hydroxyl groups is 1. The number of nitrogens with zero attached hydrogens (tertiary/aromatic N) is 3. The number of benzene rings is 1. The maximum atomic E-state index is 12.0. The number of carbonyl (C=O) groups excluding carboxylic acids is 1.